The Labute approximate surface area is 88.5 Å². The number of ketones is 1. The second-order valence-electron chi connectivity index (χ2n) is 4.14. The van der Waals surface area contributed by atoms with Crippen LogP contribution in [0.1, 0.15) is 42.6 Å². The summed E-state index contributed by atoms with van der Waals surface area (Å²) < 4.78 is 12.6. The molecule has 15 heavy (non-hydrogen) atoms. The van der Waals surface area contributed by atoms with Crippen LogP contribution in [-0.4, -0.2) is 10.8 Å². The number of hydrogen-bond donors (Lipinski definition) is 0. The van der Waals surface area contributed by atoms with E-state index in [4.69, 9.17) is 0 Å². The topological polar surface area (TPSA) is 30.0 Å². The minimum absolute atomic E-state index is 0.0434. The van der Waals surface area contributed by atoms with Gasteiger partial charge in [-0.1, -0.05) is 25.7 Å². The second-order valence-corrected chi connectivity index (χ2v) is 4.14. The van der Waals surface area contributed by atoms with Crippen molar-refractivity contribution < 1.29 is 9.18 Å². The van der Waals surface area contributed by atoms with E-state index in [1.807, 2.05) is 0 Å². The number of aromatic nitrogens is 1. The van der Waals surface area contributed by atoms with E-state index in [1.54, 1.807) is 0 Å². The summed E-state index contributed by atoms with van der Waals surface area (Å²) >= 11 is 0. The number of pyridine rings is 1. The minimum Gasteiger partial charge on any atom is -0.292 e. The Balaban J connectivity index is 1.98. The molecule has 1 heterocycles. The molecule has 0 unspecified atom stereocenters. The molecular formula is C12H14FNO. The molecule has 0 amide bonds. The lowest BCUT2D eigenvalue weighted by molar-refractivity contribution is 0.0957. The first-order valence-corrected chi connectivity index (χ1v) is 5.40. The fourth-order valence-corrected chi connectivity index (χ4v) is 2.12. The van der Waals surface area contributed by atoms with Gasteiger partial charge in [0, 0.05) is 6.42 Å². The molecule has 0 aliphatic heterocycles. The monoisotopic (exact) mass is 207 g/mol. The van der Waals surface area contributed by atoms with Crippen LogP contribution in [0.25, 0.3) is 0 Å². The van der Waals surface area contributed by atoms with E-state index in [2.05, 4.69) is 4.98 Å². The van der Waals surface area contributed by atoms with Crippen LogP contribution in [0.5, 0.6) is 0 Å². The number of rotatable bonds is 3. The van der Waals surface area contributed by atoms with Crippen molar-refractivity contribution in [2.75, 3.05) is 0 Å². The molecule has 3 heteroatoms. The fraction of sp³-hybridized carbons (Fsp3) is 0.500. The third-order valence-electron chi connectivity index (χ3n) is 2.96. The zero-order chi connectivity index (χ0) is 10.7. The van der Waals surface area contributed by atoms with Gasteiger partial charge in [0.25, 0.3) is 0 Å². The molecule has 0 aromatic carbocycles. The van der Waals surface area contributed by atoms with Gasteiger partial charge in [-0.05, 0) is 18.1 Å². The van der Waals surface area contributed by atoms with Gasteiger partial charge in [0.15, 0.2) is 5.78 Å². The Kier molecular flexibility index (Phi) is 3.09. The molecule has 1 aromatic heterocycles. The maximum Gasteiger partial charge on any atom is 0.181 e. The summed E-state index contributed by atoms with van der Waals surface area (Å²) in [6, 6.07) is 2.75. The summed E-state index contributed by atoms with van der Waals surface area (Å²) in [5, 5.41) is 0. The van der Waals surface area contributed by atoms with E-state index in [1.165, 1.54) is 25.0 Å². The molecule has 0 spiro atoms. The number of Topliss-reactive ketones (excluding diaryl/α,β-unsaturated/α-hetero) is 1. The zero-order valence-corrected chi connectivity index (χ0v) is 8.58. The summed E-state index contributed by atoms with van der Waals surface area (Å²) in [6.07, 6.45) is 6.42. The van der Waals surface area contributed by atoms with Crippen molar-refractivity contribution in [1.82, 2.24) is 4.98 Å². The quantitative estimate of drug-likeness (QED) is 0.713. The molecule has 0 radical (unpaired) electrons. The molecule has 1 aromatic rings. The Hall–Kier alpha value is -1.25. The van der Waals surface area contributed by atoms with Crippen LogP contribution in [0.4, 0.5) is 4.39 Å². The number of nitrogens with zero attached hydrogens (tertiary/aromatic N) is 1. The highest BCUT2D eigenvalue weighted by Crippen LogP contribution is 2.28. The molecule has 2 rings (SSSR count). The standard InChI is InChI=1S/C12H14FNO/c13-10-5-6-11(14-8-10)12(15)7-9-3-1-2-4-9/h5-6,8-9H,1-4,7H2. The number of carbonyl (C=O) groups excluding carboxylic acids is 1. The van der Waals surface area contributed by atoms with Crippen LogP contribution in [0.15, 0.2) is 18.3 Å². The summed E-state index contributed by atoms with van der Waals surface area (Å²) in [5.74, 6) is 0.165. The van der Waals surface area contributed by atoms with Crippen molar-refractivity contribution in [3.8, 4) is 0 Å². The van der Waals surface area contributed by atoms with Crippen molar-refractivity contribution in [2.45, 2.75) is 32.1 Å². The van der Waals surface area contributed by atoms with Crippen LogP contribution in [0, 0.1) is 11.7 Å². The van der Waals surface area contributed by atoms with Gasteiger partial charge in [-0.25, -0.2) is 4.39 Å². The number of hydrogen-bond acceptors (Lipinski definition) is 2. The van der Waals surface area contributed by atoms with Gasteiger partial charge in [-0.3, -0.25) is 9.78 Å². The highest BCUT2D eigenvalue weighted by Gasteiger charge is 2.19. The number of carbonyl (C=O) groups is 1. The lowest BCUT2D eigenvalue weighted by atomic mass is 9.99. The summed E-state index contributed by atoms with van der Waals surface area (Å²) in [5.41, 5.74) is 0.392. The van der Waals surface area contributed by atoms with E-state index in [0.29, 0.717) is 18.0 Å². The highest BCUT2D eigenvalue weighted by atomic mass is 19.1. The lowest BCUT2D eigenvalue weighted by Crippen LogP contribution is -2.07. The Morgan fingerprint density at radius 3 is 2.73 bits per heavy atom. The highest BCUT2D eigenvalue weighted by molar-refractivity contribution is 5.94. The van der Waals surface area contributed by atoms with Gasteiger partial charge in [-0.2, -0.15) is 0 Å². The van der Waals surface area contributed by atoms with Crippen molar-refractivity contribution in [1.29, 1.82) is 0 Å². The van der Waals surface area contributed by atoms with E-state index < -0.39 is 5.82 Å². The van der Waals surface area contributed by atoms with Crippen molar-refractivity contribution in [2.24, 2.45) is 5.92 Å². The minimum atomic E-state index is -0.396. The van der Waals surface area contributed by atoms with E-state index in [0.717, 1.165) is 19.0 Å². The smallest absolute Gasteiger partial charge is 0.181 e. The molecule has 1 aliphatic carbocycles. The normalized spacial score (nSPS) is 16.9. The van der Waals surface area contributed by atoms with E-state index in [-0.39, 0.29) is 5.78 Å². The van der Waals surface area contributed by atoms with Crippen molar-refractivity contribution in [3.05, 3.63) is 29.8 Å². The molecule has 1 saturated carbocycles. The first-order chi connectivity index (χ1) is 7.25. The zero-order valence-electron chi connectivity index (χ0n) is 8.58. The molecule has 2 nitrogen and oxygen atoms in total. The predicted molar refractivity (Wildman–Crippen MR) is 55.1 cm³/mol. The molecule has 0 saturated heterocycles. The van der Waals surface area contributed by atoms with Gasteiger partial charge in [0.05, 0.1) is 6.20 Å². The maximum atomic E-state index is 12.6. The average Bonchev–Trinajstić information content (AvgIpc) is 2.71. The second kappa shape index (κ2) is 4.51. The van der Waals surface area contributed by atoms with Gasteiger partial charge >= 0.3 is 0 Å². The molecule has 80 valence electrons. The largest absolute Gasteiger partial charge is 0.292 e. The summed E-state index contributed by atoms with van der Waals surface area (Å²) in [7, 11) is 0. The Bertz CT molecular complexity index is 341. The maximum absolute atomic E-state index is 12.6. The van der Waals surface area contributed by atoms with Crippen LogP contribution >= 0.6 is 0 Å². The van der Waals surface area contributed by atoms with Crippen LogP contribution in [0.3, 0.4) is 0 Å². The molecule has 1 fully saturated rings. The number of halogens is 1. The Morgan fingerprint density at radius 2 is 2.13 bits per heavy atom. The first kappa shape index (κ1) is 10.3. The lowest BCUT2D eigenvalue weighted by Gasteiger charge is -2.06. The fourth-order valence-electron chi connectivity index (χ4n) is 2.12. The van der Waals surface area contributed by atoms with Gasteiger partial charge in [-0.15, -0.1) is 0 Å². The summed E-state index contributed by atoms with van der Waals surface area (Å²) in [4.78, 5) is 15.5. The third kappa shape index (κ3) is 2.61. The van der Waals surface area contributed by atoms with Crippen molar-refractivity contribution >= 4 is 5.78 Å². The Morgan fingerprint density at radius 1 is 1.40 bits per heavy atom. The van der Waals surface area contributed by atoms with E-state index >= 15 is 0 Å². The first-order valence-electron chi connectivity index (χ1n) is 5.40. The van der Waals surface area contributed by atoms with Crippen LogP contribution in [-0.2, 0) is 0 Å². The molecule has 0 atom stereocenters. The predicted octanol–water partition coefficient (Wildman–Crippen LogP) is 2.98. The molecular weight excluding hydrogens is 193 g/mol. The van der Waals surface area contributed by atoms with E-state index in [9.17, 15) is 9.18 Å². The van der Waals surface area contributed by atoms with Gasteiger partial charge < -0.3 is 0 Å². The van der Waals surface area contributed by atoms with Crippen LogP contribution < -0.4 is 0 Å². The SMILES string of the molecule is O=C(CC1CCCC1)c1ccc(F)cn1. The van der Waals surface area contributed by atoms with Crippen molar-refractivity contribution in [3.63, 3.8) is 0 Å². The molecule has 0 N–H and O–H groups in total. The molecule has 1 aliphatic rings. The third-order valence-corrected chi connectivity index (χ3v) is 2.96. The van der Waals surface area contributed by atoms with Gasteiger partial charge in [0.2, 0.25) is 0 Å². The average molecular weight is 207 g/mol. The molecule has 0 bridgehead atoms. The summed E-state index contributed by atoms with van der Waals surface area (Å²) in [6.45, 7) is 0. The van der Waals surface area contributed by atoms with Crippen LogP contribution in [0.2, 0.25) is 0 Å². The van der Waals surface area contributed by atoms with Gasteiger partial charge in [0.1, 0.15) is 11.5 Å².